The van der Waals surface area contributed by atoms with Gasteiger partial charge in [-0.1, -0.05) is 230 Å². The highest BCUT2D eigenvalue weighted by molar-refractivity contribution is 5.80. The van der Waals surface area contributed by atoms with E-state index in [1.54, 1.807) is 6.08 Å². The number of hydrogen-bond acceptors (Lipinski definition) is 9. The number of allylic oxidation sites excluding steroid dienone is 5. The summed E-state index contributed by atoms with van der Waals surface area (Å²) in [5, 5.41) is 64.7. The molecule has 0 aromatic heterocycles. The van der Waals surface area contributed by atoms with Crippen molar-refractivity contribution in [1.29, 1.82) is 0 Å². The summed E-state index contributed by atoms with van der Waals surface area (Å²) in [6, 6.07) is -1.000. The first-order chi connectivity index (χ1) is 30.8. The van der Waals surface area contributed by atoms with Crippen molar-refractivity contribution in [3.63, 3.8) is 0 Å². The van der Waals surface area contributed by atoms with Gasteiger partial charge in [0.05, 0.1) is 25.4 Å². The van der Waals surface area contributed by atoms with Gasteiger partial charge in [-0.15, -0.1) is 0 Å². The van der Waals surface area contributed by atoms with E-state index < -0.39 is 61.5 Å². The molecule has 0 aromatic rings. The monoisotopic (exact) mass is 894 g/mol. The van der Waals surface area contributed by atoms with Crippen molar-refractivity contribution < 1.29 is 44.9 Å². The average molecular weight is 894 g/mol. The lowest BCUT2D eigenvalue weighted by molar-refractivity contribution is -0.302. The molecule has 10 nitrogen and oxygen atoms in total. The molecule has 1 amide bonds. The van der Waals surface area contributed by atoms with E-state index in [9.17, 15) is 35.4 Å². The van der Waals surface area contributed by atoms with Gasteiger partial charge in [0.2, 0.25) is 5.91 Å². The number of nitrogens with one attached hydrogen (secondary N) is 1. The molecule has 1 saturated heterocycles. The molecular weight excluding hydrogens is 795 g/mol. The van der Waals surface area contributed by atoms with E-state index in [1.807, 2.05) is 6.08 Å². The topological polar surface area (TPSA) is 169 Å². The highest BCUT2D eigenvalue weighted by Gasteiger charge is 2.44. The Hall–Kier alpha value is -1.63. The summed E-state index contributed by atoms with van der Waals surface area (Å²) in [5.74, 6) is -0.629. The van der Waals surface area contributed by atoms with E-state index >= 15 is 0 Å². The molecule has 0 aliphatic carbocycles. The second-order valence-electron chi connectivity index (χ2n) is 18.4. The van der Waals surface area contributed by atoms with E-state index in [0.29, 0.717) is 19.3 Å². The normalized spacial score (nSPS) is 20.9. The third-order valence-electron chi connectivity index (χ3n) is 12.5. The average Bonchev–Trinajstić information content (AvgIpc) is 3.28. The van der Waals surface area contributed by atoms with Crippen molar-refractivity contribution in [1.82, 2.24) is 5.32 Å². The van der Waals surface area contributed by atoms with Crippen molar-refractivity contribution in [3.05, 3.63) is 36.5 Å². The van der Waals surface area contributed by atoms with Crippen LogP contribution >= 0.6 is 0 Å². The fourth-order valence-electron chi connectivity index (χ4n) is 8.26. The quantitative estimate of drug-likeness (QED) is 0.0232. The number of aliphatic hydroxyl groups is 6. The lowest BCUT2D eigenvalue weighted by Crippen LogP contribution is -2.60. The van der Waals surface area contributed by atoms with Gasteiger partial charge >= 0.3 is 0 Å². The van der Waals surface area contributed by atoms with Crippen molar-refractivity contribution in [3.8, 4) is 0 Å². The molecule has 1 heterocycles. The third kappa shape index (κ3) is 32.7. The zero-order chi connectivity index (χ0) is 46.0. The maximum Gasteiger partial charge on any atom is 0.249 e. The number of unbranched alkanes of at least 4 members (excludes halogenated alkanes) is 29. The van der Waals surface area contributed by atoms with Gasteiger partial charge in [0.15, 0.2) is 6.29 Å². The molecule has 63 heavy (non-hydrogen) atoms. The molecule has 7 N–H and O–H groups in total. The number of aliphatic hydroxyl groups excluding tert-OH is 6. The van der Waals surface area contributed by atoms with Crippen LogP contribution in [0, 0.1) is 0 Å². The van der Waals surface area contributed by atoms with Crippen molar-refractivity contribution in [2.24, 2.45) is 0 Å². The summed E-state index contributed by atoms with van der Waals surface area (Å²) < 4.78 is 11.1. The van der Waals surface area contributed by atoms with E-state index in [-0.39, 0.29) is 6.61 Å². The summed E-state index contributed by atoms with van der Waals surface area (Å²) in [6.45, 7) is 3.52. The number of ether oxygens (including phenoxy) is 2. The molecule has 0 saturated carbocycles. The van der Waals surface area contributed by atoms with Crippen LogP contribution in [0.2, 0.25) is 0 Å². The Balaban J connectivity index is 2.21. The van der Waals surface area contributed by atoms with Gasteiger partial charge in [-0.3, -0.25) is 4.79 Å². The first-order valence-corrected chi connectivity index (χ1v) is 26.3. The number of hydrogen-bond donors (Lipinski definition) is 7. The van der Waals surface area contributed by atoms with Gasteiger partial charge < -0.3 is 45.4 Å². The minimum absolute atomic E-state index is 0.304. The van der Waals surface area contributed by atoms with Gasteiger partial charge in [0.25, 0.3) is 0 Å². The number of rotatable bonds is 44. The lowest BCUT2D eigenvalue weighted by Gasteiger charge is -2.40. The van der Waals surface area contributed by atoms with E-state index in [0.717, 1.165) is 51.4 Å². The second kappa shape index (κ2) is 43.0. The minimum atomic E-state index is -1.62. The van der Waals surface area contributed by atoms with Gasteiger partial charge in [-0.05, 0) is 38.5 Å². The van der Waals surface area contributed by atoms with Crippen molar-refractivity contribution >= 4 is 5.91 Å². The zero-order valence-corrected chi connectivity index (χ0v) is 40.4. The Morgan fingerprint density at radius 3 is 1.35 bits per heavy atom. The van der Waals surface area contributed by atoms with Crippen LogP contribution in [0.5, 0.6) is 0 Å². The fraction of sp³-hybridized carbons (Fsp3) is 0.868. The Morgan fingerprint density at radius 1 is 0.540 bits per heavy atom. The second-order valence-corrected chi connectivity index (χ2v) is 18.4. The lowest BCUT2D eigenvalue weighted by atomic mass is 9.99. The summed E-state index contributed by atoms with van der Waals surface area (Å²) in [7, 11) is 0. The summed E-state index contributed by atoms with van der Waals surface area (Å²) in [4.78, 5) is 13.1. The first kappa shape index (κ1) is 59.4. The largest absolute Gasteiger partial charge is 0.394 e. The molecule has 1 rings (SSSR count). The van der Waals surface area contributed by atoms with Crippen LogP contribution in [-0.4, -0.2) is 98.7 Å². The molecule has 8 atom stereocenters. The fourth-order valence-corrected chi connectivity index (χ4v) is 8.26. The van der Waals surface area contributed by atoms with E-state index in [2.05, 4.69) is 43.5 Å². The number of amides is 1. The van der Waals surface area contributed by atoms with Gasteiger partial charge in [0.1, 0.15) is 30.5 Å². The van der Waals surface area contributed by atoms with Gasteiger partial charge in [0, 0.05) is 0 Å². The summed E-state index contributed by atoms with van der Waals surface area (Å²) in [6.07, 6.45) is 44.1. The maximum atomic E-state index is 13.1. The molecule has 10 heteroatoms. The molecule has 0 aromatic carbocycles. The van der Waals surface area contributed by atoms with Crippen LogP contribution in [0.15, 0.2) is 36.5 Å². The molecule has 0 bridgehead atoms. The van der Waals surface area contributed by atoms with Crippen LogP contribution in [0.4, 0.5) is 0 Å². The standard InChI is InChI=1S/C53H99NO9/c1-3-5-7-9-11-13-15-16-17-18-19-20-21-22-23-24-25-26-27-28-29-30-32-34-36-38-40-42-47(57)52(61)54-45(44-62-53-51(60)50(59)49(58)48(43-55)63-53)46(56)41-39-37-35-33-31-14-12-10-8-6-4-2/h8,10,31,33,39,41,45-51,53,55-60H,3-7,9,11-30,32,34-38,40,42-44H2,1-2H3,(H,54,61)/b10-8+,33-31+,41-39+. The van der Waals surface area contributed by atoms with Crippen LogP contribution in [-0.2, 0) is 14.3 Å². The van der Waals surface area contributed by atoms with Crippen molar-refractivity contribution in [2.45, 2.75) is 281 Å². The van der Waals surface area contributed by atoms with Gasteiger partial charge in [-0.25, -0.2) is 0 Å². The van der Waals surface area contributed by atoms with Crippen LogP contribution in [0.1, 0.15) is 232 Å². The molecule has 0 radical (unpaired) electrons. The highest BCUT2D eigenvalue weighted by Crippen LogP contribution is 2.23. The smallest absolute Gasteiger partial charge is 0.249 e. The molecule has 0 spiro atoms. The van der Waals surface area contributed by atoms with Crippen LogP contribution in [0.25, 0.3) is 0 Å². The molecular formula is C53H99NO9. The molecule has 1 aliphatic rings. The van der Waals surface area contributed by atoms with E-state index in [1.165, 1.54) is 148 Å². The SMILES string of the molecule is CCC/C=C/CC/C=C/CC/C=C/C(O)C(COC1OC(CO)C(O)C(O)C1O)NC(=O)C(O)CCCCCCCCCCCCCCCCCCCCCCCCCCCCC. The number of carbonyl (C=O) groups is 1. The summed E-state index contributed by atoms with van der Waals surface area (Å²) >= 11 is 0. The van der Waals surface area contributed by atoms with E-state index in [4.69, 9.17) is 9.47 Å². The maximum absolute atomic E-state index is 13.1. The third-order valence-corrected chi connectivity index (χ3v) is 12.5. The molecule has 8 unspecified atom stereocenters. The number of carbonyl (C=O) groups excluding carboxylic acids is 1. The summed E-state index contributed by atoms with van der Waals surface area (Å²) in [5.41, 5.74) is 0. The van der Waals surface area contributed by atoms with Gasteiger partial charge in [-0.2, -0.15) is 0 Å². The Labute approximate surface area is 385 Å². The highest BCUT2D eigenvalue weighted by atomic mass is 16.7. The minimum Gasteiger partial charge on any atom is -0.394 e. The van der Waals surface area contributed by atoms with Crippen LogP contribution < -0.4 is 5.32 Å². The Kier molecular flexibility index (Phi) is 40.5. The van der Waals surface area contributed by atoms with Crippen molar-refractivity contribution in [2.75, 3.05) is 13.2 Å². The Bertz CT molecular complexity index is 1100. The zero-order valence-electron chi connectivity index (χ0n) is 40.4. The molecule has 1 fully saturated rings. The Morgan fingerprint density at radius 2 is 0.937 bits per heavy atom. The van der Waals surface area contributed by atoms with Crippen LogP contribution in [0.3, 0.4) is 0 Å². The molecule has 1 aliphatic heterocycles. The first-order valence-electron chi connectivity index (χ1n) is 26.3. The molecule has 370 valence electrons. The predicted molar refractivity (Wildman–Crippen MR) is 259 cm³/mol. The predicted octanol–water partition coefficient (Wildman–Crippen LogP) is 11.0.